The lowest BCUT2D eigenvalue weighted by Gasteiger charge is -2.22. The summed E-state index contributed by atoms with van der Waals surface area (Å²) in [6.07, 6.45) is 2.43. The summed E-state index contributed by atoms with van der Waals surface area (Å²) in [7, 11) is 0. The molecule has 0 radical (unpaired) electrons. The van der Waals surface area contributed by atoms with Crippen molar-refractivity contribution >= 4 is 27.3 Å². The molecule has 2 rings (SSSR count). The predicted octanol–water partition coefficient (Wildman–Crippen LogP) is 2.78. The van der Waals surface area contributed by atoms with Crippen molar-refractivity contribution in [3.8, 4) is 0 Å². The molecule has 1 N–H and O–H groups in total. The van der Waals surface area contributed by atoms with Crippen molar-refractivity contribution in [2.45, 2.75) is 25.4 Å². The highest BCUT2D eigenvalue weighted by atomic mass is 79.9. The molecule has 2 heterocycles. The van der Waals surface area contributed by atoms with Crippen LogP contribution in [-0.4, -0.2) is 19.3 Å². The van der Waals surface area contributed by atoms with E-state index in [1.165, 1.54) is 21.5 Å². The first-order chi connectivity index (χ1) is 6.84. The minimum absolute atomic E-state index is 0.546. The van der Waals surface area contributed by atoms with Crippen LogP contribution in [0, 0.1) is 0 Å². The maximum atomic E-state index is 5.41. The molecule has 1 unspecified atom stereocenters. The van der Waals surface area contributed by atoms with Crippen molar-refractivity contribution in [2.75, 3.05) is 13.2 Å². The van der Waals surface area contributed by atoms with Gasteiger partial charge >= 0.3 is 0 Å². The maximum Gasteiger partial charge on any atom is 0.0701 e. The van der Waals surface area contributed by atoms with E-state index in [2.05, 4.69) is 33.4 Å². The first kappa shape index (κ1) is 10.6. The van der Waals surface area contributed by atoms with Crippen molar-refractivity contribution in [3.63, 3.8) is 0 Å². The zero-order valence-electron chi connectivity index (χ0n) is 7.96. The first-order valence-corrected chi connectivity index (χ1v) is 6.51. The van der Waals surface area contributed by atoms with Gasteiger partial charge < -0.3 is 10.1 Å². The average Bonchev–Trinajstić information content (AvgIpc) is 2.63. The Morgan fingerprint density at radius 3 is 3.14 bits per heavy atom. The van der Waals surface area contributed by atoms with Gasteiger partial charge in [-0.1, -0.05) is 0 Å². The maximum absolute atomic E-state index is 5.41. The number of rotatable bonds is 3. The van der Waals surface area contributed by atoms with Crippen LogP contribution in [0.3, 0.4) is 0 Å². The minimum atomic E-state index is 0.546. The fraction of sp³-hybridized carbons (Fsp3) is 0.600. The second-order valence-corrected chi connectivity index (χ2v) is 6.05. The van der Waals surface area contributed by atoms with Crippen LogP contribution in [0.15, 0.2) is 15.9 Å². The van der Waals surface area contributed by atoms with Gasteiger partial charge in [0.15, 0.2) is 0 Å². The van der Waals surface area contributed by atoms with Gasteiger partial charge in [-0.3, -0.25) is 0 Å². The zero-order chi connectivity index (χ0) is 9.80. The Morgan fingerprint density at radius 2 is 2.50 bits per heavy atom. The lowest BCUT2D eigenvalue weighted by atomic mass is 10.1. The molecule has 0 saturated carbocycles. The minimum Gasteiger partial charge on any atom is -0.380 e. The summed E-state index contributed by atoms with van der Waals surface area (Å²) in [5, 5.41) is 3.52. The van der Waals surface area contributed by atoms with E-state index < -0.39 is 0 Å². The summed E-state index contributed by atoms with van der Waals surface area (Å²) in [5.41, 5.74) is 0. The van der Waals surface area contributed by atoms with Gasteiger partial charge in [0.1, 0.15) is 0 Å². The van der Waals surface area contributed by atoms with E-state index >= 15 is 0 Å². The Balaban J connectivity index is 1.76. The molecule has 14 heavy (non-hydrogen) atoms. The van der Waals surface area contributed by atoms with E-state index in [1.54, 1.807) is 11.3 Å². The molecule has 1 fully saturated rings. The summed E-state index contributed by atoms with van der Waals surface area (Å²) in [5.74, 6) is 0. The van der Waals surface area contributed by atoms with Crippen molar-refractivity contribution < 1.29 is 4.74 Å². The summed E-state index contributed by atoms with van der Waals surface area (Å²) in [6.45, 7) is 2.76. The van der Waals surface area contributed by atoms with Crippen LogP contribution < -0.4 is 5.32 Å². The average molecular weight is 276 g/mol. The second-order valence-electron chi connectivity index (χ2n) is 3.50. The van der Waals surface area contributed by atoms with Crippen molar-refractivity contribution in [3.05, 3.63) is 20.8 Å². The second kappa shape index (κ2) is 5.26. The smallest absolute Gasteiger partial charge is 0.0701 e. The van der Waals surface area contributed by atoms with Gasteiger partial charge in [0.2, 0.25) is 0 Å². The quantitative estimate of drug-likeness (QED) is 0.916. The van der Waals surface area contributed by atoms with Gasteiger partial charge in [0.05, 0.1) is 10.4 Å². The number of nitrogens with one attached hydrogen (secondary N) is 1. The number of ether oxygens (including phenoxy) is 1. The summed E-state index contributed by atoms with van der Waals surface area (Å²) in [6, 6.07) is 4.80. The topological polar surface area (TPSA) is 21.3 Å². The molecule has 2 nitrogen and oxygen atoms in total. The zero-order valence-corrected chi connectivity index (χ0v) is 10.4. The molecule has 0 aromatic carbocycles. The predicted molar refractivity (Wildman–Crippen MR) is 62.7 cm³/mol. The highest BCUT2D eigenvalue weighted by molar-refractivity contribution is 9.11. The lowest BCUT2D eigenvalue weighted by Crippen LogP contribution is -2.36. The largest absolute Gasteiger partial charge is 0.380 e. The molecule has 1 aliphatic rings. The Bertz CT molecular complexity index is 283. The third kappa shape index (κ3) is 3.05. The molecule has 78 valence electrons. The monoisotopic (exact) mass is 275 g/mol. The molecule has 1 atom stereocenters. The Hall–Kier alpha value is 0.1000. The van der Waals surface area contributed by atoms with E-state index in [4.69, 9.17) is 4.74 Å². The summed E-state index contributed by atoms with van der Waals surface area (Å²) < 4.78 is 6.61. The van der Waals surface area contributed by atoms with Crippen molar-refractivity contribution in [1.29, 1.82) is 0 Å². The standard InChI is InChI=1S/C10H14BrNOS/c11-10-4-3-9(14-10)6-12-8-2-1-5-13-7-8/h3-4,8,12H,1-2,5-7H2. The molecular weight excluding hydrogens is 262 g/mol. The van der Waals surface area contributed by atoms with Crippen LogP contribution >= 0.6 is 27.3 Å². The van der Waals surface area contributed by atoms with Gasteiger partial charge in [0, 0.05) is 24.1 Å². The molecule has 0 bridgehead atoms. The molecule has 0 spiro atoms. The van der Waals surface area contributed by atoms with Crippen LogP contribution in [0.1, 0.15) is 17.7 Å². The molecule has 1 saturated heterocycles. The third-order valence-corrected chi connectivity index (χ3v) is 3.98. The number of hydrogen-bond acceptors (Lipinski definition) is 3. The third-order valence-electron chi connectivity index (χ3n) is 2.35. The van der Waals surface area contributed by atoms with E-state index in [1.807, 2.05) is 0 Å². The molecule has 4 heteroatoms. The highest BCUT2D eigenvalue weighted by Crippen LogP contribution is 2.22. The van der Waals surface area contributed by atoms with E-state index in [0.29, 0.717) is 6.04 Å². The molecule has 0 amide bonds. The number of halogens is 1. The molecular formula is C10H14BrNOS. The Labute approximate surface area is 96.8 Å². The summed E-state index contributed by atoms with van der Waals surface area (Å²) >= 11 is 5.25. The number of thiophene rings is 1. The Kier molecular flexibility index (Phi) is 3.99. The van der Waals surface area contributed by atoms with Crippen molar-refractivity contribution in [1.82, 2.24) is 5.32 Å². The molecule has 1 aromatic heterocycles. The van der Waals surface area contributed by atoms with Crippen LogP contribution in [0.5, 0.6) is 0 Å². The van der Waals surface area contributed by atoms with Crippen LogP contribution in [0.25, 0.3) is 0 Å². The van der Waals surface area contributed by atoms with Crippen molar-refractivity contribution in [2.24, 2.45) is 0 Å². The van der Waals surface area contributed by atoms with E-state index in [0.717, 1.165) is 19.8 Å². The van der Waals surface area contributed by atoms with Crippen LogP contribution in [0.4, 0.5) is 0 Å². The normalized spacial score (nSPS) is 22.5. The van der Waals surface area contributed by atoms with Gasteiger partial charge in [-0.15, -0.1) is 11.3 Å². The van der Waals surface area contributed by atoms with Crippen LogP contribution in [0.2, 0.25) is 0 Å². The van der Waals surface area contributed by atoms with Gasteiger partial charge in [-0.25, -0.2) is 0 Å². The number of hydrogen-bond donors (Lipinski definition) is 1. The fourth-order valence-electron chi connectivity index (χ4n) is 1.59. The van der Waals surface area contributed by atoms with E-state index in [9.17, 15) is 0 Å². The fourth-order valence-corrected chi connectivity index (χ4v) is 3.03. The highest BCUT2D eigenvalue weighted by Gasteiger charge is 2.12. The van der Waals surface area contributed by atoms with Gasteiger partial charge in [-0.05, 0) is 40.9 Å². The van der Waals surface area contributed by atoms with Gasteiger partial charge in [0.25, 0.3) is 0 Å². The van der Waals surface area contributed by atoms with Crippen LogP contribution in [-0.2, 0) is 11.3 Å². The molecule has 1 aromatic rings. The first-order valence-electron chi connectivity index (χ1n) is 4.90. The lowest BCUT2D eigenvalue weighted by molar-refractivity contribution is 0.0700. The summed E-state index contributed by atoms with van der Waals surface area (Å²) in [4.78, 5) is 1.38. The van der Waals surface area contributed by atoms with E-state index in [-0.39, 0.29) is 0 Å². The SMILES string of the molecule is Brc1ccc(CNC2CCCOC2)s1. The molecule has 1 aliphatic heterocycles. The molecule has 0 aliphatic carbocycles. The van der Waals surface area contributed by atoms with Gasteiger partial charge in [-0.2, -0.15) is 0 Å². The Morgan fingerprint density at radius 1 is 1.57 bits per heavy atom.